The van der Waals surface area contributed by atoms with Gasteiger partial charge in [-0.25, -0.2) is 0 Å². The van der Waals surface area contributed by atoms with Gasteiger partial charge in [0.15, 0.2) is 8.32 Å². The van der Waals surface area contributed by atoms with E-state index in [0.29, 0.717) is 5.33 Å². The molecule has 0 aromatic rings. The zero-order valence-electron chi connectivity index (χ0n) is 11.4. The predicted octanol–water partition coefficient (Wildman–Crippen LogP) is 3.73. The normalized spacial score (nSPS) is 14.0. The Kier molecular flexibility index (Phi) is 5.42. The molecule has 96 valence electrons. The average molecular weight is 309 g/mol. The van der Waals surface area contributed by atoms with Crippen molar-refractivity contribution in [3.05, 3.63) is 0 Å². The molecule has 0 saturated carbocycles. The highest BCUT2D eigenvalue weighted by atomic mass is 79.9. The Morgan fingerprint density at radius 1 is 1.19 bits per heavy atom. The van der Waals surface area contributed by atoms with E-state index in [2.05, 4.69) is 29.8 Å². The summed E-state index contributed by atoms with van der Waals surface area (Å²) in [6.45, 7) is 12.1. The first kappa shape index (κ1) is 16.3. The van der Waals surface area contributed by atoms with Crippen LogP contribution in [0.2, 0.25) is 18.1 Å². The summed E-state index contributed by atoms with van der Waals surface area (Å²) in [5.41, 5.74) is -0.291. The number of halogens is 1. The Balaban J connectivity index is 4.52. The standard InChI is InChI=1S/C12H25BrO2Si/c1-11(2,10(14)9-13)7-8-12(3,4)16(5,6)15/h15H,7-9H2,1-6H3. The second-order valence-corrected chi connectivity index (χ2v) is 11.4. The molecule has 2 nitrogen and oxygen atoms in total. The molecular weight excluding hydrogens is 284 g/mol. The predicted molar refractivity (Wildman–Crippen MR) is 75.6 cm³/mol. The van der Waals surface area contributed by atoms with Crippen molar-refractivity contribution >= 4 is 30.0 Å². The molecule has 0 heterocycles. The van der Waals surface area contributed by atoms with E-state index < -0.39 is 8.32 Å². The van der Waals surface area contributed by atoms with E-state index in [0.717, 1.165) is 12.8 Å². The van der Waals surface area contributed by atoms with Crippen molar-refractivity contribution in [1.82, 2.24) is 0 Å². The molecule has 0 rings (SSSR count). The Labute approximate surface area is 109 Å². The smallest absolute Gasteiger partial charge is 0.188 e. The summed E-state index contributed by atoms with van der Waals surface area (Å²) in [5, 5.41) is 0.372. The van der Waals surface area contributed by atoms with Crippen LogP contribution in [-0.2, 0) is 4.79 Å². The Bertz CT molecular complexity index is 254. The first-order chi connectivity index (χ1) is 6.94. The quantitative estimate of drug-likeness (QED) is 0.599. The first-order valence-corrected chi connectivity index (χ1v) is 9.82. The van der Waals surface area contributed by atoms with Gasteiger partial charge in [0.1, 0.15) is 5.78 Å². The van der Waals surface area contributed by atoms with Crippen LogP contribution < -0.4 is 0 Å². The molecule has 0 radical (unpaired) electrons. The van der Waals surface area contributed by atoms with Crippen LogP contribution in [0.15, 0.2) is 0 Å². The van der Waals surface area contributed by atoms with Crippen LogP contribution in [0.5, 0.6) is 0 Å². The fourth-order valence-electron chi connectivity index (χ4n) is 1.25. The van der Waals surface area contributed by atoms with Crippen molar-refractivity contribution in [2.75, 3.05) is 5.33 Å². The molecule has 0 aliphatic rings. The third-order valence-electron chi connectivity index (χ3n) is 3.91. The summed E-state index contributed by atoms with van der Waals surface area (Å²) in [7, 11) is -2.15. The molecule has 0 amide bonds. The first-order valence-electron chi connectivity index (χ1n) is 5.76. The lowest BCUT2D eigenvalue weighted by Crippen LogP contribution is -2.40. The van der Waals surface area contributed by atoms with Crippen molar-refractivity contribution < 1.29 is 9.59 Å². The van der Waals surface area contributed by atoms with Gasteiger partial charge >= 0.3 is 0 Å². The zero-order chi connectivity index (χ0) is 13.2. The van der Waals surface area contributed by atoms with E-state index in [1.807, 2.05) is 26.9 Å². The highest BCUT2D eigenvalue weighted by molar-refractivity contribution is 9.09. The highest BCUT2D eigenvalue weighted by Gasteiger charge is 2.39. The molecule has 0 fully saturated rings. The number of hydrogen-bond donors (Lipinski definition) is 1. The van der Waals surface area contributed by atoms with Gasteiger partial charge in [0.2, 0.25) is 0 Å². The van der Waals surface area contributed by atoms with Gasteiger partial charge in [-0.1, -0.05) is 43.6 Å². The van der Waals surface area contributed by atoms with Gasteiger partial charge in [-0.2, -0.15) is 0 Å². The summed E-state index contributed by atoms with van der Waals surface area (Å²) >= 11 is 3.22. The minimum atomic E-state index is -2.15. The van der Waals surface area contributed by atoms with Crippen LogP contribution in [0.25, 0.3) is 0 Å². The van der Waals surface area contributed by atoms with Crippen molar-refractivity contribution in [3.8, 4) is 0 Å². The minimum absolute atomic E-state index is 0.0448. The van der Waals surface area contributed by atoms with E-state index in [9.17, 15) is 9.59 Å². The lowest BCUT2D eigenvalue weighted by Gasteiger charge is -2.37. The van der Waals surface area contributed by atoms with Crippen molar-refractivity contribution in [2.45, 2.75) is 58.7 Å². The zero-order valence-corrected chi connectivity index (χ0v) is 13.9. The van der Waals surface area contributed by atoms with Crippen LogP contribution in [0.3, 0.4) is 0 Å². The average Bonchev–Trinajstić information content (AvgIpc) is 2.12. The molecule has 0 aromatic carbocycles. The summed E-state index contributed by atoms with van der Waals surface area (Å²) in [6.07, 6.45) is 1.73. The maximum absolute atomic E-state index is 11.7. The van der Waals surface area contributed by atoms with E-state index >= 15 is 0 Å². The molecule has 1 N–H and O–H groups in total. The molecule has 0 aliphatic heterocycles. The summed E-state index contributed by atoms with van der Waals surface area (Å²) in [6, 6.07) is 0. The van der Waals surface area contributed by atoms with Gasteiger partial charge in [0.05, 0.1) is 5.33 Å². The Morgan fingerprint density at radius 3 is 1.94 bits per heavy atom. The van der Waals surface area contributed by atoms with Crippen LogP contribution in [0.1, 0.15) is 40.5 Å². The molecular formula is C12H25BrO2Si. The van der Waals surface area contributed by atoms with Crippen LogP contribution >= 0.6 is 15.9 Å². The van der Waals surface area contributed by atoms with Gasteiger partial charge in [0.25, 0.3) is 0 Å². The number of Topliss-reactive ketones (excluding diaryl/α,β-unsaturated/α-hetero) is 1. The van der Waals surface area contributed by atoms with Gasteiger partial charge in [-0.3, -0.25) is 4.79 Å². The second-order valence-electron chi connectivity index (χ2n) is 6.38. The van der Waals surface area contributed by atoms with Gasteiger partial charge in [0, 0.05) is 5.41 Å². The lowest BCUT2D eigenvalue weighted by atomic mass is 9.82. The molecule has 0 aromatic heterocycles. The summed E-state index contributed by atoms with van der Waals surface area (Å²) < 4.78 is 0. The SMILES string of the molecule is CC(C)(CCC(C)(C)[Si](C)(C)O)C(=O)CBr. The molecule has 0 atom stereocenters. The fourth-order valence-corrected chi connectivity index (χ4v) is 2.75. The molecule has 0 spiro atoms. The molecule has 4 heteroatoms. The second kappa shape index (κ2) is 5.32. The lowest BCUT2D eigenvalue weighted by molar-refractivity contribution is -0.124. The number of carbonyl (C=O) groups is 1. The van der Waals surface area contributed by atoms with E-state index in [1.165, 1.54) is 0 Å². The van der Waals surface area contributed by atoms with Crippen LogP contribution in [-0.4, -0.2) is 24.2 Å². The number of carbonyl (C=O) groups excluding carboxylic acids is 1. The van der Waals surface area contributed by atoms with E-state index in [1.54, 1.807) is 0 Å². The van der Waals surface area contributed by atoms with Crippen LogP contribution in [0.4, 0.5) is 0 Å². The van der Waals surface area contributed by atoms with Gasteiger partial charge in [-0.05, 0) is 31.0 Å². The fraction of sp³-hybridized carbons (Fsp3) is 0.917. The van der Waals surface area contributed by atoms with E-state index in [-0.39, 0.29) is 16.2 Å². The third-order valence-corrected chi connectivity index (χ3v) is 7.98. The van der Waals surface area contributed by atoms with E-state index in [4.69, 9.17) is 0 Å². The molecule has 0 saturated heterocycles. The summed E-state index contributed by atoms with van der Waals surface area (Å²) in [5.74, 6) is 0.237. The van der Waals surface area contributed by atoms with Gasteiger partial charge < -0.3 is 4.80 Å². The monoisotopic (exact) mass is 308 g/mol. The molecule has 16 heavy (non-hydrogen) atoms. The van der Waals surface area contributed by atoms with Crippen molar-refractivity contribution in [2.24, 2.45) is 5.41 Å². The molecule has 0 bridgehead atoms. The van der Waals surface area contributed by atoms with Crippen LogP contribution in [0, 0.1) is 5.41 Å². The minimum Gasteiger partial charge on any atom is -0.432 e. The summed E-state index contributed by atoms with van der Waals surface area (Å²) in [4.78, 5) is 21.9. The third kappa shape index (κ3) is 4.30. The number of ketones is 1. The van der Waals surface area contributed by atoms with Gasteiger partial charge in [-0.15, -0.1) is 0 Å². The number of rotatable bonds is 6. The maximum atomic E-state index is 11.7. The maximum Gasteiger partial charge on any atom is 0.188 e. The molecule has 0 unspecified atom stereocenters. The topological polar surface area (TPSA) is 37.3 Å². The Hall–Kier alpha value is 0.327. The number of hydrogen-bond acceptors (Lipinski definition) is 2. The largest absolute Gasteiger partial charge is 0.432 e. The van der Waals surface area contributed by atoms with Crippen molar-refractivity contribution in [1.29, 1.82) is 0 Å². The Morgan fingerprint density at radius 2 is 1.62 bits per heavy atom. The number of alkyl halides is 1. The molecule has 0 aliphatic carbocycles. The van der Waals surface area contributed by atoms with Crippen molar-refractivity contribution in [3.63, 3.8) is 0 Å². The highest BCUT2D eigenvalue weighted by Crippen LogP contribution is 2.42.